The molecule has 1 atom stereocenters. The number of hydrogen-bond acceptors (Lipinski definition) is 4. The van der Waals surface area contributed by atoms with Crippen molar-refractivity contribution < 1.29 is 23.5 Å². The maximum absolute atomic E-state index is 13.5. The molecule has 2 fully saturated rings. The number of ether oxygens (including phenoxy) is 2. The molecular weight excluding hydrogens is 423 g/mol. The molecule has 0 N–H and O–H groups in total. The van der Waals surface area contributed by atoms with E-state index in [4.69, 9.17) is 9.47 Å². The topological polar surface area (TPSA) is 59.1 Å². The van der Waals surface area contributed by atoms with Gasteiger partial charge in [0.15, 0.2) is 0 Å². The van der Waals surface area contributed by atoms with E-state index in [0.29, 0.717) is 44.6 Å². The molecule has 0 aliphatic carbocycles. The predicted octanol–water partition coefficient (Wildman–Crippen LogP) is 3.89. The van der Waals surface area contributed by atoms with Crippen LogP contribution in [0.3, 0.4) is 0 Å². The van der Waals surface area contributed by atoms with Crippen molar-refractivity contribution in [1.29, 1.82) is 0 Å². The van der Waals surface area contributed by atoms with E-state index in [0.717, 1.165) is 30.8 Å². The van der Waals surface area contributed by atoms with E-state index in [1.54, 1.807) is 12.0 Å². The second-order valence-corrected chi connectivity index (χ2v) is 8.78. The Morgan fingerprint density at radius 2 is 1.88 bits per heavy atom. The molecule has 2 heterocycles. The van der Waals surface area contributed by atoms with Crippen LogP contribution in [0, 0.1) is 11.7 Å². The summed E-state index contributed by atoms with van der Waals surface area (Å²) in [7, 11) is 1.63. The van der Waals surface area contributed by atoms with Crippen molar-refractivity contribution in [2.75, 3.05) is 33.4 Å². The summed E-state index contributed by atoms with van der Waals surface area (Å²) in [4.78, 5) is 29.9. The van der Waals surface area contributed by atoms with Crippen LogP contribution in [-0.4, -0.2) is 61.1 Å². The quantitative estimate of drug-likeness (QED) is 0.637. The lowest BCUT2D eigenvalue weighted by molar-refractivity contribution is -0.139. The third kappa shape index (κ3) is 5.90. The largest absolute Gasteiger partial charge is 0.497 e. The van der Waals surface area contributed by atoms with E-state index in [2.05, 4.69) is 0 Å². The van der Waals surface area contributed by atoms with Crippen molar-refractivity contribution in [2.24, 2.45) is 5.92 Å². The number of nitrogens with zero attached hydrogens (tertiary/aromatic N) is 2. The summed E-state index contributed by atoms with van der Waals surface area (Å²) in [6, 6.07) is 13.4. The van der Waals surface area contributed by atoms with E-state index in [1.165, 1.54) is 24.3 Å². The number of benzene rings is 2. The summed E-state index contributed by atoms with van der Waals surface area (Å²) in [5.41, 5.74) is 1.49. The van der Waals surface area contributed by atoms with Gasteiger partial charge in [-0.25, -0.2) is 4.39 Å². The minimum absolute atomic E-state index is 0.0692. The zero-order valence-corrected chi connectivity index (χ0v) is 19.0. The minimum Gasteiger partial charge on any atom is -0.497 e. The molecule has 2 saturated heterocycles. The van der Waals surface area contributed by atoms with Crippen LogP contribution in [0.15, 0.2) is 48.5 Å². The highest BCUT2D eigenvalue weighted by atomic mass is 19.1. The molecule has 0 bridgehead atoms. The Balaban J connectivity index is 1.40. The van der Waals surface area contributed by atoms with Gasteiger partial charge in [0.1, 0.15) is 11.6 Å². The number of amides is 2. The average molecular weight is 455 g/mol. The van der Waals surface area contributed by atoms with Crippen LogP contribution in [0.25, 0.3) is 0 Å². The van der Waals surface area contributed by atoms with E-state index in [1.807, 2.05) is 29.2 Å². The normalized spacial score (nSPS) is 18.8. The van der Waals surface area contributed by atoms with E-state index >= 15 is 0 Å². The lowest BCUT2D eigenvalue weighted by Gasteiger charge is -2.35. The Morgan fingerprint density at radius 1 is 1.12 bits per heavy atom. The first-order valence-corrected chi connectivity index (χ1v) is 11.6. The van der Waals surface area contributed by atoms with Crippen molar-refractivity contribution in [2.45, 2.75) is 38.3 Å². The number of methoxy groups -OCH3 is 1. The lowest BCUT2D eigenvalue weighted by atomic mass is 9.94. The molecule has 0 spiro atoms. The summed E-state index contributed by atoms with van der Waals surface area (Å²) in [6.45, 7) is 2.85. The molecule has 2 aromatic rings. The number of halogens is 1. The highest BCUT2D eigenvalue weighted by Crippen LogP contribution is 2.25. The van der Waals surface area contributed by atoms with Crippen LogP contribution in [0.5, 0.6) is 5.75 Å². The van der Waals surface area contributed by atoms with E-state index in [-0.39, 0.29) is 29.7 Å². The van der Waals surface area contributed by atoms with E-state index < -0.39 is 0 Å². The highest BCUT2D eigenvalue weighted by molar-refractivity contribution is 5.94. The van der Waals surface area contributed by atoms with Gasteiger partial charge in [0.05, 0.1) is 13.2 Å². The first kappa shape index (κ1) is 23.2. The minimum atomic E-state index is -0.363. The predicted molar refractivity (Wildman–Crippen MR) is 122 cm³/mol. The zero-order chi connectivity index (χ0) is 23.2. The van der Waals surface area contributed by atoms with Gasteiger partial charge in [-0.05, 0) is 67.6 Å². The maximum Gasteiger partial charge on any atom is 0.253 e. The summed E-state index contributed by atoms with van der Waals surface area (Å²) in [5.74, 6) is 0.271. The smallest absolute Gasteiger partial charge is 0.253 e. The van der Waals surface area contributed by atoms with Gasteiger partial charge >= 0.3 is 0 Å². The van der Waals surface area contributed by atoms with Crippen LogP contribution >= 0.6 is 0 Å². The monoisotopic (exact) mass is 454 g/mol. The van der Waals surface area contributed by atoms with Gasteiger partial charge in [-0.2, -0.15) is 0 Å². The van der Waals surface area contributed by atoms with Crippen molar-refractivity contribution in [3.05, 3.63) is 65.5 Å². The first-order valence-electron chi connectivity index (χ1n) is 11.6. The van der Waals surface area contributed by atoms with Crippen molar-refractivity contribution >= 4 is 11.8 Å². The fourth-order valence-corrected chi connectivity index (χ4v) is 4.62. The van der Waals surface area contributed by atoms with Gasteiger partial charge < -0.3 is 19.3 Å². The molecule has 7 heteroatoms. The number of hydrogen-bond donors (Lipinski definition) is 0. The maximum atomic E-state index is 13.5. The van der Waals surface area contributed by atoms with Crippen LogP contribution in [0.4, 0.5) is 4.39 Å². The Hall–Kier alpha value is -2.93. The molecule has 2 aliphatic rings. The zero-order valence-electron chi connectivity index (χ0n) is 19.0. The molecule has 0 aromatic heterocycles. The van der Waals surface area contributed by atoms with Gasteiger partial charge in [-0.3, -0.25) is 9.59 Å². The van der Waals surface area contributed by atoms with E-state index in [9.17, 15) is 14.0 Å². The lowest BCUT2D eigenvalue weighted by Crippen LogP contribution is -2.46. The number of piperidine rings is 1. The average Bonchev–Trinajstić information content (AvgIpc) is 3.37. The third-order valence-electron chi connectivity index (χ3n) is 6.49. The summed E-state index contributed by atoms with van der Waals surface area (Å²) < 4.78 is 24.3. The fourth-order valence-electron chi connectivity index (χ4n) is 4.62. The molecule has 33 heavy (non-hydrogen) atoms. The molecule has 176 valence electrons. The van der Waals surface area contributed by atoms with Gasteiger partial charge in [0, 0.05) is 44.3 Å². The van der Waals surface area contributed by atoms with Gasteiger partial charge in [0.2, 0.25) is 5.91 Å². The van der Waals surface area contributed by atoms with Gasteiger partial charge in [-0.15, -0.1) is 0 Å². The second kappa shape index (κ2) is 10.8. The van der Waals surface area contributed by atoms with Crippen LogP contribution in [0.2, 0.25) is 0 Å². The molecule has 2 aliphatic heterocycles. The number of rotatable bonds is 7. The summed E-state index contributed by atoms with van der Waals surface area (Å²) in [6.07, 6.45) is 3.29. The first-order chi connectivity index (χ1) is 16.0. The van der Waals surface area contributed by atoms with Gasteiger partial charge in [0.25, 0.3) is 5.91 Å². The van der Waals surface area contributed by atoms with Crippen LogP contribution < -0.4 is 4.74 Å². The molecule has 2 aromatic carbocycles. The number of carbonyl (C=O) groups excluding carboxylic acids is 2. The van der Waals surface area contributed by atoms with Gasteiger partial charge in [-0.1, -0.05) is 12.1 Å². The Kier molecular flexibility index (Phi) is 7.60. The third-order valence-corrected chi connectivity index (χ3v) is 6.49. The number of likely N-dealkylation sites (tertiary alicyclic amines) is 1. The molecule has 2 amide bonds. The highest BCUT2D eigenvalue weighted by Gasteiger charge is 2.32. The summed E-state index contributed by atoms with van der Waals surface area (Å²) >= 11 is 0. The summed E-state index contributed by atoms with van der Waals surface area (Å²) in [5, 5.41) is 0. The molecular formula is C26H31FN2O4. The van der Waals surface area contributed by atoms with Crippen molar-refractivity contribution in [1.82, 2.24) is 9.80 Å². The van der Waals surface area contributed by atoms with Crippen LogP contribution in [0.1, 0.15) is 41.6 Å². The molecule has 1 unspecified atom stereocenters. The standard InChI is InChI=1S/C26H31FN2O4/c1-32-23-5-2-4-19(16-23)17-29(18-24-6-3-15-33-24)26(31)21-11-13-28(14-12-21)25(30)20-7-9-22(27)10-8-20/h2,4-5,7-10,16,21,24H,3,6,11-15,17-18H2,1H3. The van der Waals surface area contributed by atoms with Crippen molar-refractivity contribution in [3.8, 4) is 5.75 Å². The molecule has 6 nitrogen and oxygen atoms in total. The van der Waals surface area contributed by atoms with Crippen LogP contribution in [-0.2, 0) is 16.1 Å². The molecule has 4 rings (SSSR count). The Morgan fingerprint density at radius 3 is 2.55 bits per heavy atom. The molecule has 0 radical (unpaired) electrons. The fraction of sp³-hybridized carbons (Fsp3) is 0.462. The van der Waals surface area contributed by atoms with Crippen molar-refractivity contribution in [3.63, 3.8) is 0 Å². The Labute approximate surface area is 194 Å². The Bertz CT molecular complexity index is 951. The molecule has 0 saturated carbocycles. The number of carbonyl (C=O) groups is 2. The second-order valence-electron chi connectivity index (χ2n) is 8.78. The SMILES string of the molecule is COc1cccc(CN(CC2CCCO2)C(=O)C2CCN(C(=O)c3ccc(F)cc3)CC2)c1.